The zero-order chi connectivity index (χ0) is 14.9. The molecular formula is C17H23Cl2N3OS. The van der Waals surface area contributed by atoms with Crippen molar-refractivity contribution in [3.63, 3.8) is 0 Å². The van der Waals surface area contributed by atoms with Gasteiger partial charge in [0.25, 0.3) is 0 Å². The number of nitrogens with zero attached hydrogens (tertiary/aromatic N) is 2. The average Bonchev–Trinajstić information content (AvgIpc) is 3.21. The highest BCUT2D eigenvalue weighted by atomic mass is 35.5. The minimum Gasteiger partial charge on any atom is -0.333 e. The molecule has 24 heavy (non-hydrogen) atoms. The number of carbonyl (C=O) groups is 1. The number of fused-ring (bicyclic) bond motifs is 1. The standard InChI is InChI=1S/C17H21N3OS.2ClH/c21-17(12-7-9-18-10-8-12)20-11-3-5-14(20)16-19-13-4-1-2-6-15(13)22-16;;/h1-2,4,6,12,14,18H,3,5,7-11H2;2*1H. The molecule has 2 fully saturated rings. The average molecular weight is 388 g/mol. The molecule has 2 aromatic rings. The fraction of sp³-hybridized carbons (Fsp3) is 0.529. The van der Waals surface area contributed by atoms with Gasteiger partial charge in [-0.3, -0.25) is 4.79 Å². The van der Waals surface area contributed by atoms with Gasteiger partial charge in [0.1, 0.15) is 5.01 Å². The predicted molar refractivity (Wildman–Crippen MR) is 103 cm³/mol. The van der Waals surface area contributed by atoms with Crippen LogP contribution in [0.3, 0.4) is 0 Å². The van der Waals surface area contributed by atoms with Crippen LogP contribution in [0.1, 0.15) is 36.7 Å². The number of para-hydroxylation sites is 1. The van der Waals surface area contributed by atoms with Crippen molar-refractivity contribution in [3.8, 4) is 0 Å². The molecule has 1 aromatic heterocycles. The molecule has 0 saturated carbocycles. The number of likely N-dealkylation sites (tertiary alicyclic amines) is 1. The zero-order valence-corrected chi connectivity index (χ0v) is 15.9. The van der Waals surface area contributed by atoms with Crippen molar-refractivity contribution in [2.24, 2.45) is 5.92 Å². The number of hydrogen-bond donors (Lipinski definition) is 1. The van der Waals surface area contributed by atoms with Gasteiger partial charge in [-0.05, 0) is 50.9 Å². The Hall–Kier alpha value is -0.880. The first-order valence-corrected chi connectivity index (χ1v) is 9.01. The third kappa shape index (κ3) is 3.69. The lowest BCUT2D eigenvalue weighted by molar-refractivity contribution is -0.137. The Morgan fingerprint density at radius 1 is 1.17 bits per heavy atom. The van der Waals surface area contributed by atoms with Crippen molar-refractivity contribution in [3.05, 3.63) is 29.3 Å². The van der Waals surface area contributed by atoms with Gasteiger partial charge in [-0.15, -0.1) is 36.2 Å². The lowest BCUT2D eigenvalue weighted by Gasteiger charge is -2.30. The van der Waals surface area contributed by atoms with Gasteiger partial charge in [0.2, 0.25) is 5.91 Å². The topological polar surface area (TPSA) is 45.2 Å². The molecule has 4 rings (SSSR count). The van der Waals surface area contributed by atoms with Crippen LogP contribution in [0.5, 0.6) is 0 Å². The Morgan fingerprint density at radius 2 is 1.92 bits per heavy atom. The minimum atomic E-state index is 0. The van der Waals surface area contributed by atoms with E-state index < -0.39 is 0 Å². The summed E-state index contributed by atoms with van der Waals surface area (Å²) in [5, 5.41) is 4.45. The Morgan fingerprint density at radius 3 is 2.67 bits per heavy atom. The number of hydrogen-bond acceptors (Lipinski definition) is 4. The highest BCUT2D eigenvalue weighted by molar-refractivity contribution is 7.18. The Balaban J connectivity index is 0.00000104. The normalized spacial score (nSPS) is 21.3. The first-order chi connectivity index (χ1) is 10.8. The molecule has 1 N–H and O–H groups in total. The largest absolute Gasteiger partial charge is 0.333 e. The number of rotatable bonds is 2. The van der Waals surface area contributed by atoms with Crippen LogP contribution in [0.2, 0.25) is 0 Å². The number of carbonyl (C=O) groups excluding carboxylic acids is 1. The van der Waals surface area contributed by atoms with Crippen LogP contribution >= 0.6 is 36.2 Å². The molecule has 2 aliphatic rings. The molecule has 132 valence electrons. The zero-order valence-electron chi connectivity index (χ0n) is 13.4. The van der Waals surface area contributed by atoms with Gasteiger partial charge in [-0.25, -0.2) is 4.98 Å². The predicted octanol–water partition coefficient (Wildman–Crippen LogP) is 3.80. The minimum absolute atomic E-state index is 0. The molecule has 1 atom stereocenters. The fourth-order valence-electron chi connectivity index (χ4n) is 3.62. The molecule has 0 radical (unpaired) electrons. The number of aromatic nitrogens is 1. The second kappa shape index (κ2) is 8.48. The van der Waals surface area contributed by atoms with E-state index in [0.717, 1.165) is 55.8 Å². The molecule has 0 spiro atoms. The monoisotopic (exact) mass is 387 g/mol. The highest BCUT2D eigenvalue weighted by Crippen LogP contribution is 2.37. The lowest BCUT2D eigenvalue weighted by atomic mass is 9.96. The second-order valence-corrected chi connectivity index (χ2v) is 7.30. The lowest BCUT2D eigenvalue weighted by Crippen LogP contribution is -2.40. The van der Waals surface area contributed by atoms with Crippen LogP contribution < -0.4 is 5.32 Å². The van der Waals surface area contributed by atoms with Crippen LogP contribution in [0, 0.1) is 5.92 Å². The molecule has 1 unspecified atom stereocenters. The van der Waals surface area contributed by atoms with Crippen molar-refractivity contribution >= 4 is 52.3 Å². The number of piperidine rings is 1. The van der Waals surface area contributed by atoms with Gasteiger partial charge in [0.05, 0.1) is 16.3 Å². The van der Waals surface area contributed by atoms with Crippen LogP contribution in [0.15, 0.2) is 24.3 Å². The van der Waals surface area contributed by atoms with E-state index in [0.29, 0.717) is 5.91 Å². The Bertz CT molecular complexity index is 654. The summed E-state index contributed by atoms with van der Waals surface area (Å²) in [5.41, 5.74) is 1.06. The van der Waals surface area contributed by atoms with E-state index in [1.54, 1.807) is 11.3 Å². The van der Waals surface area contributed by atoms with Crippen LogP contribution in [-0.4, -0.2) is 35.4 Å². The summed E-state index contributed by atoms with van der Waals surface area (Å²) in [6.45, 7) is 2.83. The number of halogens is 2. The van der Waals surface area contributed by atoms with E-state index >= 15 is 0 Å². The molecule has 0 aliphatic carbocycles. The number of nitrogens with one attached hydrogen (secondary N) is 1. The van der Waals surface area contributed by atoms with E-state index in [4.69, 9.17) is 4.98 Å². The van der Waals surface area contributed by atoms with Crippen LogP contribution in [0.25, 0.3) is 10.2 Å². The molecular weight excluding hydrogens is 365 g/mol. The van der Waals surface area contributed by atoms with Crippen LogP contribution in [0.4, 0.5) is 0 Å². The maximum absolute atomic E-state index is 12.9. The van der Waals surface area contributed by atoms with Gasteiger partial charge < -0.3 is 10.2 Å². The fourth-order valence-corrected chi connectivity index (χ4v) is 4.74. The number of benzene rings is 1. The molecule has 1 aromatic carbocycles. The van der Waals surface area contributed by atoms with Gasteiger partial charge in [-0.1, -0.05) is 12.1 Å². The van der Waals surface area contributed by atoms with Crippen molar-refractivity contribution in [2.75, 3.05) is 19.6 Å². The third-order valence-electron chi connectivity index (χ3n) is 4.82. The van der Waals surface area contributed by atoms with Gasteiger partial charge in [0, 0.05) is 12.5 Å². The third-order valence-corrected chi connectivity index (χ3v) is 5.96. The first kappa shape index (κ1) is 19.4. The maximum atomic E-state index is 12.9. The molecule has 7 heteroatoms. The number of amides is 1. The first-order valence-electron chi connectivity index (χ1n) is 8.19. The second-order valence-electron chi connectivity index (χ2n) is 6.23. The summed E-state index contributed by atoms with van der Waals surface area (Å²) in [5.74, 6) is 0.555. The van der Waals surface area contributed by atoms with Crippen molar-refractivity contribution in [1.29, 1.82) is 0 Å². The van der Waals surface area contributed by atoms with E-state index in [2.05, 4.69) is 28.4 Å². The van der Waals surface area contributed by atoms with Gasteiger partial charge in [0.15, 0.2) is 0 Å². The van der Waals surface area contributed by atoms with Crippen molar-refractivity contribution < 1.29 is 4.79 Å². The Labute approximate surface area is 158 Å². The quantitative estimate of drug-likeness (QED) is 0.851. The Kier molecular flexibility index (Phi) is 6.87. The summed E-state index contributed by atoms with van der Waals surface area (Å²) in [6.07, 6.45) is 4.09. The van der Waals surface area contributed by atoms with E-state index in [-0.39, 0.29) is 36.8 Å². The summed E-state index contributed by atoms with van der Waals surface area (Å²) in [7, 11) is 0. The van der Waals surface area contributed by atoms with E-state index in [1.165, 1.54) is 4.70 Å². The van der Waals surface area contributed by atoms with Crippen molar-refractivity contribution in [2.45, 2.75) is 31.7 Å². The molecule has 4 nitrogen and oxygen atoms in total. The SMILES string of the molecule is Cl.Cl.O=C(C1CCNCC1)N1CCCC1c1nc2ccccc2s1. The van der Waals surface area contributed by atoms with Crippen LogP contribution in [-0.2, 0) is 4.79 Å². The molecule has 1 amide bonds. The molecule has 0 bridgehead atoms. The van der Waals surface area contributed by atoms with E-state index in [1.807, 2.05) is 6.07 Å². The maximum Gasteiger partial charge on any atom is 0.226 e. The number of thiazole rings is 1. The summed E-state index contributed by atoms with van der Waals surface area (Å²) >= 11 is 1.75. The van der Waals surface area contributed by atoms with Gasteiger partial charge >= 0.3 is 0 Å². The van der Waals surface area contributed by atoms with Gasteiger partial charge in [-0.2, -0.15) is 0 Å². The smallest absolute Gasteiger partial charge is 0.226 e. The van der Waals surface area contributed by atoms with Crippen molar-refractivity contribution in [1.82, 2.24) is 15.2 Å². The highest BCUT2D eigenvalue weighted by Gasteiger charge is 2.35. The summed E-state index contributed by atoms with van der Waals surface area (Å²) < 4.78 is 1.22. The summed E-state index contributed by atoms with van der Waals surface area (Å²) in [6, 6.07) is 8.45. The van der Waals surface area contributed by atoms with E-state index in [9.17, 15) is 4.79 Å². The molecule has 2 saturated heterocycles. The molecule has 3 heterocycles. The summed E-state index contributed by atoms with van der Waals surface area (Å²) in [4.78, 5) is 19.8. The molecule has 2 aliphatic heterocycles.